The second-order valence-corrected chi connectivity index (χ2v) is 8.77. The molecule has 0 aliphatic carbocycles. The first-order valence-electron chi connectivity index (χ1n) is 11.6. The summed E-state index contributed by atoms with van der Waals surface area (Å²) in [7, 11) is 0. The van der Waals surface area contributed by atoms with Crippen molar-refractivity contribution >= 4 is 33.8 Å². The van der Waals surface area contributed by atoms with Crippen LogP contribution in [-0.2, 0) is 4.79 Å². The van der Waals surface area contributed by atoms with Crippen LogP contribution < -0.4 is 5.32 Å². The van der Waals surface area contributed by atoms with Gasteiger partial charge in [0.05, 0.1) is 22.1 Å². The van der Waals surface area contributed by atoms with E-state index in [2.05, 4.69) is 35.5 Å². The quantitative estimate of drug-likeness (QED) is 0.315. The van der Waals surface area contributed by atoms with Gasteiger partial charge in [-0.1, -0.05) is 32.0 Å². The summed E-state index contributed by atoms with van der Waals surface area (Å²) in [6.45, 7) is 3.68. The van der Waals surface area contributed by atoms with Gasteiger partial charge in [-0.05, 0) is 36.4 Å². The molecule has 0 atom stereocenters. The molecule has 9 nitrogen and oxygen atoms in total. The van der Waals surface area contributed by atoms with Gasteiger partial charge in [0.15, 0.2) is 11.5 Å². The van der Waals surface area contributed by atoms with Crippen LogP contribution >= 0.6 is 0 Å². The van der Waals surface area contributed by atoms with Crippen molar-refractivity contribution in [1.29, 1.82) is 0 Å². The number of amides is 1. The molecule has 6 rings (SSSR count). The Morgan fingerprint density at radius 2 is 1.83 bits per heavy atom. The second kappa shape index (κ2) is 8.70. The fraction of sp³-hybridized carbons (Fsp3) is 0.111. The van der Waals surface area contributed by atoms with Crippen LogP contribution in [-0.4, -0.2) is 41.0 Å². The monoisotopic (exact) mass is 474 g/mol. The molecule has 0 aliphatic heterocycles. The predicted octanol–water partition coefficient (Wildman–Crippen LogP) is 5.22. The molecule has 36 heavy (non-hydrogen) atoms. The number of aromatic nitrogens is 7. The van der Waals surface area contributed by atoms with E-state index in [9.17, 15) is 4.79 Å². The number of imidazole rings is 1. The van der Waals surface area contributed by atoms with Crippen molar-refractivity contribution in [2.24, 2.45) is 5.92 Å². The van der Waals surface area contributed by atoms with Crippen molar-refractivity contribution in [3.63, 3.8) is 0 Å². The number of carbonyl (C=O) groups excluding carboxylic acids is 1. The van der Waals surface area contributed by atoms with E-state index in [1.54, 1.807) is 24.7 Å². The van der Waals surface area contributed by atoms with E-state index in [1.165, 1.54) is 0 Å². The summed E-state index contributed by atoms with van der Waals surface area (Å²) < 4.78 is 0. The molecular weight excluding hydrogens is 452 g/mol. The van der Waals surface area contributed by atoms with Crippen LogP contribution in [0.15, 0.2) is 73.2 Å². The Labute approximate surface area is 206 Å². The third-order valence-corrected chi connectivity index (χ3v) is 5.97. The number of hydrogen-bond acceptors (Lipinski definition) is 6. The minimum absolute atomic E-state index is 0.0709. The van der Waals surface area contributed by atoms with Crippen LogP contribution in [0.1, 0.15) is 13.8 Å². The van der Waals surface area contributed by atoms with Gasteiger partial charge >= 0.3 is 0 Å². The summed E-state index contributed by atoms with van der Waals surface area (Å²) in [6, 6.07) is 17.5. The van der Waals surface area contributed by atoms with Gasteiger partial charge in [0.2, 0.25) is 5.91 Å². The lowest BCUT2D eigenvalue weighted by atomic mass is 10.1. The second-order valence-electron chi connectivity index (χ2n) is 8.77. The van der Waals surface area contributed by atoms with Gasteiger partial charge in [0.25, 0.3) is 0 Å². The third-order valence-electron chi connectivity index (χ3n) is 5.97. The predicted molar refractivity (Wildman–Crippen MR) is 139 cm³/mol. The first-order valence-corrected chi connectivity index (χ1v) is 11.6. The van der Waals surface area contributed by atoms with E-state index >= 15 is 0 Å². The Morgan fingerprint density at radius 1 is 0.944 bits per heavy atom. The highest BCUT2D eigenvalue weighted by atomic mass is 16.1. The fourth-order valence-electron chi connectivity index (χ4n) is 4.03. The van der Waals surface area contributed by atoms with E-state index in [1.807, 2.05) is 62.4 Å². The number of H-pyrrole nitrogens is 2. The van der Waals surface area contributed by atoms with Crippen LogP contribution in [0.3, 0.4) is 0 Å². The minimum atomic E-state index is -0.115. The zero-order valence-electron chi connectivity index (χ0n) is 19.6. The number of rotatable bonds is 5. The van der Waals surface area contributed by atoms with E-state index in [0.717, 1.165) is 44.5 Å². The minimum Gasteiger partial charge on any atom is -0.337 e. The third kappa shape index (κ3) is 3.86. The number of pyridine rings is 3. The molecule has 0 radical (unpaired) electrons. The van der Waals surface area contributed by atoms with Crippen LogP contribution in [0.2, 0.25) is 0 Å². The molecule has 1 amide bonds. The highest BCUT2D eigenvalue weighted by Crippen LogP contribution is 2.32. The molecule has 0 spiro atoms. The van der Waals surface area contributed by atoms with Crippen LogP contribution in [0.25, 0.3) is 56.0 Å². The van der Waals surface area contributed by atoms with Crippen molar-refractivity contribution < 1.29 is 4.79 Å². The van der Waals surface area contributed by atoms with Gasteiger partial charge in [-0.2, -0.15) is 5.10 Å². The van der Waals surface area contributed by atoms with Crippen molar-refractivity contribution in [2.75, 3.05) is 5.32 Å². The lowest BCUT2D eigenvalue weighted by molar-refractivity contribution is -0.118. The highest BCUT2D eigenvalue weighted by molar-refractivity contribution is 5.97. The van der Waals surface area contributed by atoms with Crippen molar-refractivity contribution in [3.05, 3.63) is 73.2 Å². The molecule has 0 fully saturated rings. The van der Waals surface area contributed by atoms with Gasteiger partial charge in [0, 0.05) is 41.2 Å². The number of nitrogens with one attached hydrogen (secondary N) is 3. The molecule has 6 aromatic rings. The van der Waals surface area contributed by atoms with Gasteiger partial charge in [0.1, 0.15) is 11.5 Å². The Morgan fingerprint density at radius 3 is 2.61 bits per heavy atom. The smallest absolute Gasteiger partial charge is 0.228 e. The summed E-state index contributed by atoms with van der Waals surface area (Å²) in [5.74, 6) is 0.996. The maximum atomic E-state index is 11.9. The van der Waals surface area contributed by atoms with Gasteiger partial charge in [-0.25, -0.2) is 15.0 Å². The SMILES string of the molecule is CC(C)C(=O)Nc1ccc(-c2cnc3n[nH]c(-c4nc5c(-c6ccccn6)cccc5[nH]4)c3c2)cn1. The Hall–Kier alpha value is -4.92. The lowest BCUT2D eigenvalue weighted by Crippen LogP contribution is -2.18. The van der Waals surface area contributed by atoms with E-state index in [-0.39, 0.29) is 11.8 Å². The summed E-state index contributed by atoms with van der Waals surface area (Å²) in [4.78, 5) is 33.6. The number of aromatic amines is 2. The standard InChI is InChI=1S/C27H22N8O/c1-15(2)27(36)32-22-10-9-16(13-29-22)17-12-19-24(34-35-25(19)30-14-17)26-31-21-8-5-6-18(23(21)33-26)20-7-3-4-11-28-20/h3-15H,1-2H3,(H,31,33)(H,29,32,36)(H,30,34,35). The van der Waals surface area contributed by atoms with Gasteiger partial charge in [-0.15, -0.1) is 0 Å². The van der Waals surface area contributed by atoms with Gasteiger partial charge in [-0.3, -0.25) is 14.9 Å². The molecule has 0 bridgehead atoms. The molecule has 0 saturated heterocycles. The first kappa shape index (κ1) is 21.6. The molecule has 3 N–H and O–H groups in total. The summed E-state index contributed by atoms with van der Waals surface area (Å²) >= 11 is 0. The average molecular weight is 475 g/mol. The van der Waals surface area contributed by atoms with E-state index in [0.29, 0.717) is 17.3 Å². The summed E-state index contributed by atoms with van der Waals surface area (Å²) in [6.07, 6.45) is 5.25. The fourth-order valence-corrected chi connectivity index (χ4v) is 4.03. The average Bonchev–Trinajstić information content (AvgIpc) is 3.53. The number of para-hydroxylation sites is 1. The number of anilines is 1. The molecule has 5 aromatic heterocycles. The number of nitrogens with zero attached hydrogens (tertiary/aromatic N) is 5. The number of benzene rings is 1. The highest BCUT2D eigenvalue weighted by Gasteiger charge is 2.16. The molecule has 176 valence electrons. The largest absolute Gasteiger partial charge is 0.337 e. The number of hydrogen-bond donors (Lipinski definition) is 3. The van der Waals surface area contributed by atoms with Gasteiger partial charge < -0.3 is 10.3 Å². The normalized spacial score (nSPS) is 11.4. The number of carbonyl (C=O) groups is 1. The van der Waals surface area contributed by atoms with Crippen molar-refractivity contribution in [1.82, 2.24) is 35.1 Å². The topological polar surface area (TPSA) is 125 Å². The number of fused-ring (bicyclic) bond motifs is 2. The van der Waals surface area contributed by atoms with Crippen LogP contribution in [0, 0.1) is 5.92 Å². The molecule has 0 unspecified atom stereocenters. The van der Waals surface area contributed by atoms with Crippen LogP contribution in [0.5, 0.6) is 0 Å². The van der Waals surface area contributed by atoms with Crippen molar-refractivity contribution in [3.8, 4) is 33.9 Å². The summed E-state index contributed by atoms with van der Waals surface area (Å²) in [5, 5.41) is 11.1. The zero-order chi connectivity index (χ0) is 24.6. The summed E-state index contributed by atoms with van der Waals surface area (Å²) in [5.41, 5.74) is 6.65. The van der Waals surface area contributed by atoms with Crippen molar-refractivity contribution in [2.45, 2.75) is 13.8 Å². The maximum absolute atomic E-state index is 11.9. The zero-order valence-corrected chi connectivity index (χ0v) is 19.6. The lowest BCUT2D eigenvalue weighted by Gasteiger charge is -2.07. The molecular formula is C27H22N8O. The Bertz CT molecular complexity index is 1700. The van der Waals surface area contributed by atoms with E-state index < -0.39 is 0 Å². The Kier molecular flexibility index (Phi) is 5.22. The Balaban J connectivity index is 1.38. The molecule has 5 heterocycles. The van der Waals surface area contributed by atoms with Crippen LogP contribution in [0.4, 0.5) is 5.82 Å². The maximum Gasteiger partial charge on any atom is 0.228 e. The molecule has 0 aliphatic rings. The molecule has 1 aromatic carbocycles. The van der Waals surface area contributed by atoms with E-state index in [4.69, 9.17) is 4.98 Å². The first-order chi connectivity index (χ1) is 17.6. The molecule has 0 saturated carbocycles. The molecule has 9 heteroatoms.